The molecule has 0 saturated carbocycles. The highest BCUT2D eigenvalue weighted by Gasteiger charge is 2.11. The largest absolute Gasteiger partial charge is 0.349 e. The predicted octanol–water partition coefficient (Wildman–Crippen LogP) is 4.08. The Labute approximate surface area is 113 Å². The van der Waals surface area contributed by atoms with E-state index in [0.29, 0.717) is 11.6 Å². The molecular weight excluding hydrogens is 241 g/mol. The van der Waals surface area contributed by atoms with Crippen molar-refractivity contribution in [3.63, 3.8) is 0 Å². The van der Waals surface area contributed by atoms with Crippen molar-refractivity contribution in [2.24, 2.45) is 0 Å². The molecule has 2 rings (SSSR count). The number of nitrogens with zero attached hydrogens (tertiary/aromatic N) is 2. The summed E-state index contributed by atoms with van der Waals surface area (Å²) in [5.41, 5.74) is 1.58. The van der Waals surface area contributed by atoms with Crippen molar-refractivity contribution < 1.29 is 4.39 Å². The first-order valence-electron chi connectivity index (χ1n) is 6.54. The molecule has 1 aromatic carbocycles. The molecule has 4 heteroatoms. The Morgan fingerprint density at radius 2 is 2.00 bits per heavy atom. The fourth-order valence-electron chi connectivity index (χ4n) is 2.00. The molecule has 0 fully saturated rings. The number of benzene rings is 1. The molecule has 19 heavy (non-hydrogen) atoms. The molecule has 0 spiro atoms. The van der Waals surface area contributed by atoms with Gasteiger partial charge in [0.05, 0.1) is 6.04 Å². The van der Waals surface area contributed by atoms with Gasteiger partial charge in [-0.2, -0.15) is 0 Å². The standard InChI is InChI=1S/C15H20FN3/c1-10(2)19-8-7-17-15(19)18-12(4)13-6-5-11(3)14(16)9-13/h5-10,12H,1-4H3,(H,17,18). The van der Waals surface area contributed by atoms with E-state index in [1.807, 2.05) is 19.2 Å². The van der Waals surface area contributed by atoms with Crippen LogP contribution in [0.1, 0.15) is 44.0 Å². The first kappa shape index (κ1) is 13.6. The molecule has 1 aromatic heterocycles. The zero-order chi connectivity index (χ0) is 14.0. The first-order chi connectivity index (χ1) is 8.99. The lowest BCUT2D eigenvalue weighted by atomic mass is 10.1. The second-order valence-corrected chi connectivity index (χ2v) is 5.13. The molecule has 1 N–H and O–H groups in total. The van der Waals surface area contributed by atoms with Crippen LogP contribution >= 0.6 is 0 Å². The summed E-state index contributed by atoms with van der Waals surface area (Å²) in [6.45, 7) is 7.97. The molecular formula is C15H20FN3. The van der Waals surface area contributed by atoms with Crippen LogP contribution in [0.5, 0.6) is 0 Å². The van der Waals surface area contributed by atoms with Gasteiger partial charge >= 0.3 is 0 Å². The van der Waals surface area contributed by atoms with Crippen molar-refractivity contribution in [2.45, 2.75) is 39.8 Å². The Balaban J connectivity index is 2.18. The van der Waals surface area contributed by atoms with Crippen LogP contribution in [0.3, 0.4) is 0 Å². The van der Waals surface area contributed by atoms with E-state index in [9.17, 15) is 4.39 Å². The molecule has 1 heterocycles. The zero-order valence-corrected chi connectivity index (χ0v) is 11.8. The van der Waals surface area contributed by atoms with E-state index in [2.05, 4.69) is 28.7 Å². The maximum atomic E-state index is 13.6. The molecule has 0 saturated heterocycles. The van der Waals surface area contributed by atoms with Crippen molar-refractivity contribution in [3.05, 3.63) is 47.5 Å². The number of imidazole rings is 1. The van der Waals surface area contributed by atoms with E-state index in [0.717, 1.165) is 11.5 Å². The SMILES string of the molecule is Cc1ccc(C(C)Nc2nccn2C(C)C)cc1F. The Morgan fingerprint density at radius 3 is 2.63 bits per heavy atom. The molecule has 0 bridgehead atoms. The molecule has 1 atom stereocenters. The Bertz CT molecular complexity index is 560. The van der Waals surface area contributed by atoms with Gasteiger partial charge in [-0.25, -0.2) is 9.37 Å². The molecule has 1 unspecified atom stereocenters. The van der Waals surface area contributed by atoms with Gasteiger partial charge in [-0.1, -0.05) is 12.1 Å². The van der Waals surface area contributed by atoms with Crippen molar-refractivity contribution in [2.75, 3.05) is 5.32 Å². The lowest BCUT2D eigenvalue weighted by Crippen LogP contribution is -2.13. The summed E-state index contributed by atoms with van der Waals surface area (Å²) in [6, 6.07) is 5.67. The van der Waals surface area contributed by atoms with Crippen LogP contribution in [0, 0.1) is 12.7 Å². The summed E-state index contributed by atoms with van der Waals surface area (Å²) in [6.07, 6.45) is 3.71. The number of halogens is 1. The van der Waals surface area contributed by atoms with Gasteiger partial charge < -0.3 is 9.88 Å². The van der Waals surface area contributed by atoms with Crippen molar-refractivity contribution in [1.82, 2.24) is 9.55 Å². The molecule has 3 nitrogen and oxygen atoms in total. The Kier molecular flexibility index (Phi) is 3.88. The fraction of sp³-hybridized carbons (Fsp3) is 0.400. The predicted molar refractivity (Wildman–Crippen MR) is 75.8 cm³/mol. The van der Waals surface area contributed by atoms with Gasteiger partial charge in [-0.15, -0.1) is 0 Å². The van der Waals surface area contributed by atoms with Gasteiger partial charge in [0.15, 0.2) is 0 Å². The minimum atomic E-state index is -0.168. The quantitative estimate of drug-likeness (QED) is 0.898. The third kappa shape index (κ3) is 2.95. The minimum Gasteiger partial charge on any atom is -0.349 e. The van der Waals surface area contributed by atoms with E-state index in [1.54, 1.807) is 25.3 Å². The van der Waals surface area contributed by atoms with Crippen LogP contribution in [0.25, 0.3) is 0 Å². The average Bonchev–Trinajstić information content (AvgIpc) is 2.80. The molecule has 2 aromatic rings. The van der Waals surface area contributed by atoms with Crippen LogP contribution in [0.2, 0.25) is 0 Å². The highest BCUT2D eigenvalue weighted by atomic mass is 19.1. The van der Waals surface area contributed by atoms with E-state index in [4.69, 9.17) is 0 Å². The monoisotopic (exact) mass is 261 g/mol. The average molecular weight is 261 g/mol. The van der Waals surface area contributed by atoms with Crippen LogP contribution in [0.4, 0.5) is 10.3 Å². The van der Waals surface area contributed by atoms with E-state index >= 15 is 0 Å². The number of rotatable bonds is 4. The van der Waals surface area contributed by atoms with Gasteiger partial charge in [-0.3, -0.25) is 0 Å². The van der Waals surface area contributed by atoms with Crippen molar-refractivity contribution in [1.29, 1.82) is 0 Å². The van der Waals surface area contributed by atoms with Crippen LogP contribution in [-0.2, 0) is 0 Å². The topological polar surface area (TPSA) is 29.9 Å². The van der Waals surface area contributed by atoms with Crippen LogP contribution < -0.4 is 5.32 Å². The number of aromatic nitrogens is 2. The summed E-state index contributed by atoms with van der Waals surface area (Å²) in [5.74, 6) is 0.641. The summed E-state index contributed by atoms with van der Waals surface area (Å²) >= 11 is 0. The van der Waals surface area contributed by atoms with E-state index in [-0.39, 0.29) is 11.9 Å². The normalized spacial score (nSPS) is 12.7. The van der Waals surface area contributed by atoms with Gasteiger partial charge in [0, 0.05) is 18.4 Å². The molecule has 0 radical (unpaired) electrons. The smallest absolute Gasteiger partial charge is 0.203 e. The maximum Gasteiger partial charge on any atom is 0.203 e. The number of hydrogen-bond acceptors (Lipinski definition) is 2. The molecule has 0 aliphatic rings. The fourth-order valence-corrected chi connectivity index (χ4v) is 2.00. The number of anilines is 1. The number of aryl methyl sites for hydroxylation is 1. The third-order valence-corrected chi connectivity index (χ3v) is 3.27. The molecule has 0 aliphatic heterocycles. The second-order valence-electron chi connectivity index (χ2n) is 5.13. The van der Waals surface area contributed by atoms with Gasteiger partial charge in [0.2, 0.25) is 5.95 Å². The van der Waals surface area contributed by atoms with Gasteiger partial charge in [0.1, 0.15) is 5.82 Å². The summed E-state index contributed by atoms with van der Waals surface area (Å²) in [7, 11) is 0. The third-order valence-electron chi connectivity index (χ3n) is 3.27. The molecule has 102 valence electrons. The summed E-state index contributed by atoms with van der Waals surface area (Å²) in [5, 5.41) is 3.32. The maximum absolute atomic E-state index is 13.6. The van der Waals surface area contributed by atoms with E-state index in [1.165, 1.54) is 0 Å². The van der Waals surface area contributed by atoms with Crippen molar-refractivity contribution >= 4 is 5.95 Å². The molecule has 0 aliphatic carbocycles. The number of hydrogen-bond donors (Lipinski definition) is 1. The minimum absolute atomic E-state index is 0.00926. The summed E-state index contributed by atoms with van der Waals surface area (Å²) in [4.78, 5) is 4.30. The first-order valence-corrected chi connectivity index (χ1v) is 6.54. The highest BCUT2D eigenvalue weighted by molar-refractivity contribution is 5.34. The van der Waals surface area contributed by atoms with Gasteiger partial charge in [-0.05, 0) is 44.9 Å². The highest BCUT2D eigenvalue weighted by Crippen LogP contribution is 2.21. The zero-order valence-electron chi connectivity index (χ0n) is 11.8. The lowest BCUT2D eigenvalue weighted by molar-refractivity contribution is 0.598. The van der Waals surface area contributed by atoms with E-state index < -0.39 is 0 Å². The van der Waals surface area contributed by atoms with Crippen LogP contribution in [-0.4, -0.2) is 9.55 Å². The number of nitrogens with one attached hydrogen (secondary N) is 1. The molecule has 0 amide bonds. The van der Waals surface area contributed by atoms with Crippen LogP contribution in [0.15, 0.2) is 30.6 Å². The van der Waals surface area contributed by atoms with Gasteiger partial charge in [0.25, 0.3) is 0 Å². The second kappa shape index (κ2) is 5.43. The lowest BCUT2D eigenvalue weighted by Gasteiger charge is -2.18. The Hall–Kier alpha value is -1.84. The van der Waals surface area contributed by atoms with Crippen molar-refractivity contribution in [3.8, 4) is 0 Å². The summed E-state index contributed by atoms with van der Waals surface area (Å²) < 4.78 is 15.6. The Morgan fingerprint density at radius 1 is 1.26 bits per heavy atom.